The third-order valence-electron chi connectivity index (χ3n) is 4.41. The van der Waals surface area contributed by atoms with E-state index in [1.165, 1.54) is 25.9 Å². The fraction of sp³-hybridized carbons (Fsp3) is 1.00. The second-order valence-electron chi connectivity index (χ2n) is 6.48. The molecule has 0 unspecified atom stereocenters. The first-order chi connectivity index (χ1) is 6.25. The molecule has 1 rings (SSSR count). The van der Waals surface area contributed by atoms with E-state index in [0.29, 0.717) is 11.0 Å². The van der Waals surface area contributed by atoms with E-state index in [1.54, 1.807) is 0 Å². The van der Waals surface area contributed by atoms with Gasteiger partial charge in [-0.3, -0.25) is 4.90 Å². The molecule has 1 heterocycles. The summed E-state index contributed by atoms with van der Waals surface area (Å²) in [5.41, 5.74) is 0.695. The van der Waals surface area contributed by atoms with Crippen LogP contribution in [-0.2, 0) is 0 Å². The smallest absolute Gasteiger partial charge is 0.0201 e. The maximum absolute atomic E-state index is 2.67. The van der Waals surface area contributed by atoms with Gasteiger partial charge in [-0.15, -0.1) is 0 Å². The minimum atomic E-state index is 0.327. The second kappa shape index (κ2) is 3.84. The third kappa shape index (κ3) is 2.31. The van der Waals surface area contributed by atoms with Crippen LogP contribution in [0.3, 0.4) is 0 Å². The molecule has 1 saturated heterocycles. The van der Waals surface area contributed by atoms with Crippen LogP contribution in [0.25, 0.3) is 0 Å². The Morgan fingerprint density at radius 3 is 1.71 bits per heavy atom. The minimum Gasteiger partial charge on any atom is -0.298 e. The number of nitrogens with zero attached hydrogens (tertiary/aromatic N) is 1. The van der Waals surface area contributed by atoms with Gasteiger partial charge in [-0.25, -0.2) is 0 Å². The van der Waals surface area contributed by atoms with Crippen LogP contribution in [0.4, 0.5) is 0 Å². The predicted molar refractivity (Wildman–Crippen MR) is 63.5 cm³/mol. The van der Waals surface area contributed by atoms with Gasteiger partial charge in [-0.2, -0.15) is 0 Å². The molecule has 14 heavy (non-hydrogen) atoms. The molecule has 0 aromatic carbocycles. The SMILES string of the molecule is CC1CCN(C(C)(C)C(C)(C)C)CC1. The topological polar surface area (TPSA) is 3.24 Å². The predicted octanol–water partition coefficient (Wildman–Crippen LogP) is 3.54. The van der Waals surface area contributed by atoms with E-state index in [4.69, 9.17) is 0 Å². The fourth-order valence-corrected chi connectivity index (χ4v) is 2.04. The standard InChI is InChI=1S/C13H27N/c1-11-7-9-14(10-8-11)13(5,6)12(2,3)4/h11H,7-10H2,1-6H3. The van der Waals surface area contributed by atoms with E-state index in [2.05, 4.69) is 46.4 Å². The van der Waals surface area contributed by atoms with Gasteiger partial charge in [0.2, 0.25) is 0 Å². The summed E-state index contributed by atoms with van der Waals surface area (Å²) in [6, 6.07) is 0. The van der Waals surface area contributed by atoms with Crippen molar-refractivity contribution in [3.05, 3.63) is 0 Å². The van der Waals surface area contributed by atoms with Crippen LogP contribution >= 0.6 is 0 Å². The molecule has 1 aliphatic rings. The van der Waals surface area contributed by atoms with Crippen LogP contribution in [0.1, 0.15) is 54.4 Å². The van der Waals surface area contributed by atoms with Crippen molar-refractivity contribution in [1.82, 2.24) is 4.90 Å². The molecule has 1 fully saturated rings. The summed E-state index contributed by atoms with van der Waals surface area (Å²) in [6.45, 7) is 16.8. The lowest BCUT2D eigenvalue weighted by molar-refractivity contribution is -0.000585. The summed E-state index contributed by atoms with van der Waals surface area (Å²) >= 11 is 0. The Labute approximate surface area is 89.9 Å². The zero-order valence-electron chi connectivity index (χ0n) is 10.9. The van der Waals surface area contributed by atoms with Gasteiger partial charge in [-0.1, -0.05) is 27.7 Å². The normalized spacial score (nSPS) is 22.7. The van der Waals surface area contributed by atoms with Gasteiger partial charge in [0.05, 0.1) is 0 Å². The summed E-state index contributed by atoms with van der Waals surface area (Å²) in [4.78, 5) is 2.67. The summed E-state index contributed by atoms with van der Waals surface area (Å²) < 4.78 is 0. The highest BCUT2D eigenvalue weighted by molar-refractivity contribution is 4.93. The molecule has 0 spiro atoms. The molecule has 84 valence electrons. The third-order valence-corrected chi connectivity index (χ3v) is 4.41. The Morgan fingerprint density at radius 2 is 1.36 bits per heavy atom. The molecule has 0 radical (unpaired) electrons. The Balaban J connectivity index is 2.65. The summed E-state index contributed by atoms with van der Waals surface area (Å²) in [5.74, 6) is 0.932. The Hall–Kier alpha value is -0.0400. The monoisotopic (exact) mass is 197 g/mol. The van der Waals surface area contributed by atoms with Crippen LogP contribution in [0.2, 0.25) is 0 Å². The molecule has 0 bridgehead atoms. The van der Waals surface area contributed by atoms with Crippen molar-refractivity contribution >= 4 is 0 Å². The highest BCUT2D eigenvalue weighted by atomic mass is 15.2. The van der Waals surface area contributed by atoms with Crippen molar-refractivity contribution in [2.75, 3.05) is 13.1 Å². The first-order valence-corrected chi connectivity index (χ1v) is 6.00. The quantitative estimate of drug-likeness (QED) is 0.621. The molecule has 1 aliphatic heterocycles. The van der Waals surface area contributed by atoms with Crippen molar-refractivity contribution in [3.8, 4) is 0 Å². The minimum absolute atomic E-state index is 0.327. The van der Waals surface area contributed by atoms with Crippen LogP contribution < -0.4 is 0 Å². The lowest BCUT2D eigenvalue weighted by Gasteiger charge is -2.50. The van der Waals surface area contributed by atoms with E-state index >= 15 is 0 Å². The van der Waals surface area contributed by atoms with E-state index in [0.717, 1.165) is 5.92 Å². The van der Waals surface area contributed by atoms with Crippen LogP contribution in [0, 0.1) is 11.3 Å². The van der Waals surface area contributed by atoms with Gasteiger partial charge in [0.1, 0.15) is 0 Å². The number of rotatable bonds is 1. The van der Waals surface area contributed by atoms with Crippen molar-refractivity contribution in [3.63, 3.8) is 0 Å². The molecule has 0 amide bonds. The lowest BCUT2D eigenvalue weighted by atomic mass is 9.74. The van der Waals surface area contributed by atoms with Gasteiger partial charge < -0.3 is 0 Å². The number of piperidine rings is 1. The van der Waals surface area contributed by atoms with Gasteiger partial charge >= 0.3 is 0 Å². The molecule has 1 nitrogen and oxygen atoms in total. The molecular formula is C13H27N. The zero-order valence-corrected chi connectivity index (χ0v) is 10.9. The van der Waals surface area contributed by atoms with Gasteiger partial charge in [-0.05, 0) is 51.1 Å². The summed E-state index contributed by atoms with van der Waals surface area (Å²) in [6.07, 6.45) is 2.75. The van der Waals surface area contributed by atoms with Gasteiger partial charge in [0, 0.05) is 5.54 Å². The van der Waals surface area contributed by atoms with Crippen molar-refractivity contribution in [1.29, 1.82) is 0 Å². The van der Waals surface area contributed by atoms with E-state index in [1.807, 2.05) is 0 Å². The average Bonchev–Trinajstić information content (AvgIpc) is 2.03. The molecule has 1 heteroatoms. The molecule has 0 saturated carbocycles. The number of hydrogen-bond donors (Lipinski definition) is 0. The molecule has 0 aromatic heterocycles. The van der Waals surface area contributed by atoms with Gasteiger partial charge in [0.25, 0.3) is 0 Å². The molecular weight excluding hydrogens is 170 g/mol. The summed E-state index contributed by atoms with van der Waals surface area (Å²) in [7, 11) is 0. The second-order valence-corrected chi connectivity index (χ2v) is 6.48. The van der Waals surface area contributed by atoms with Crippen molar-refractivity contribution < 1.29 is 0 Å². The first-order valence-electron chi connectivity index (χ1n) is 6.00. The highest BCUT2D eigenvalue weighted by Gasteiger charge is 2.39. The van der Waals surface area contributed by atoms with E-state index in [-0.39, 0.29) is 0 Å². The number of likely N-dealkylation sites (tertiary alicyclic amines) is 1. The molecule has 0 aromatic rings. The molecule has 0 atom stereocenters. The Morgan fingerprint density at radius 1 is 0.929 bits per heavy atom. The van der Waals surface area contributed by atoms with Crippen molar-refractivity contribution in [2.24, 2.45) is 11.3 Å². The Kier molecular flexibility index (Phi) is 3.30. The maximum atomic E-state index is 2.67. The average molecular weight is 197 g/mol. The maximum Gasteiger partial charge on any atom is 0.0201 e. The van der Waals surface area contributed by atoms with Crippen LogP contribution in [0.15, 0.2) is 0 Å². The fourth-order valence-electron chi connectivity index (χ4n) is 2.04. The number of hydrogen-bond acceptors (Lipinski definition) is 1. The van der Waals surface area contributed by atoms with Crippen molar-refractivity contribution in [2.45, 2.75) is 59.9 Å². The first kappa shape index (κ1) is 12.0. The van der Waals surface area contributed by atoms with E-state index in [9.17, 15) is 0 Å². The van der Waals surface area contributed by atoms with Gasteiger partial charge in [0.15, 0.2) is 0 Å². The largest absolute Gasteiger partial charge is 0.298 e. The lowest BCUT2D eigenvalue weighted by Crippen LogP contribution is -2.55. The van der Waals surface area contributed by atoms with Crippen LogP contribution in [-0.4, -0.2) is 23.5 Å². The zero-order chi connectivity index (χ0) is 11.0. The molecule has 0 aliphatic carbocycles. The van der Waals surface area contributed by atoms with Crippen LogP contribution in [0.5, 0.6) is 0 Å². The summed E-state index contributed by atoms with van der Waals surface area (Å²) in [5, 5.41) is 0. The molecule has 0 N–H and O–H groups in total. The Bertz CT molecular complexity index is 180. The highest BCUT2D eigenvalue weighted by Crippen LogP contribution is 2.37. The van der Waals surface area contributed by atoms with E-state index < -0.39 is 0 Å².